The van der Waals surface area contributed by atoms with E-state index in [0.717, 1.165) is 6.07 Å². The average Bonchev–Trinajstić information content (AvgIpc) is 2.94. The predicted molar refractivity (Wildman–Crippen MR) is 83.6 cm³/mol. The molecule has 0 unspecified atom stereocenters. The van der Waals surface area contributed by atoms with Crippen LogP contribution in [0.1, 0.15) is 0 Å². The molecule has 0 bridgehead atoms. The molecular weight excluding hydrogens is 304 g/mol. The molecule has 2 aromatic heterocycles. The van der Waals surface area contributed by atoms with Crippen molar-refractivity contribution < 1.29 is 8.78 Å². The number of imidazole rings is 1. The van der Waals surface area contributed by atoms with Gasteiger partial charge in [0.2, 0.25) is 0 Å². The number of fused-ring (bicyclic) bond motifs is 1. The van der Waals surface area contributed by atoms with Gasteiger partial charge in [0, 0.05) is 11.8 Å². The van der Waals surface area contributed by atoms with E-state index in [9.17, 15) is 8.78 Å². The number of anilines is 1. The minimum Gasteiger partial charge on any atom is -0.396 e. The van der Waals surface area contributed by atoms with E-state index in [1.807, 2.05) is 0 Å². The van der Waals surface area contributed by atoms with Crippen molar-refractivity contribution in [2.45, 2.75) is 0 Å². The summed E-state index contributed by atoms with van der Waals surface area (Å²) in [7, 11) is 0. The minimum absolute atomic E-state index is 0.113. The molecule has 6 N–H and O–H groups in total. The van der Waals surface area contributed by atoms with Crippen LogP contribution in [0.4, 0.5) is 20.3 Å². The van der Waals surface area contributed by atoms with E-state index >= 15 is 0 Å². The quantitative estimate of drug-likeness (QED) is 0.192. The first-order valence-electron chi connectivity index (χ1n) is 6.56. The molecule has 0 atom stereocenters. The van der Waals surface area contributed by atoms with E-state index in [2.05, 4.69) is 20.9 Å². The number of hydrogen-bond donors (Lipinski definition) is 4. The van der Waals surface area contributed by atoms with E-state index in [1.54, 1.807) is 22.7 Å². The van der Waals surface area contributed by atoms with E-state index < -0.39 is 11.6 Å². The second-order valence-corrected chi connectivity index (χ2v) is 4.65. The van der Waals surface area contributed by atoms with Crippen LogP contribution in [0.2, 0.25) is 0 Å². The van der Waals surface area contributed by atoms with Crippen molar-refractivity contribution in [1.82, 2.24) is 20.3 Å². The Morgan fingerprint density at radius 1 is 1.22 bits per heavy atom. The molecule has 0 saturated heterocycles. The van der Waals surface area contributed by atoms with Crippen LogP contribution in [0.15, 0.2) is 41.8 Å². The summed E-state index contributed by atoms with van der Waals surface area (Å²) in [6, 6.07) is 5.56. The molecule has 0 saturated carbocycles. The zero-order chi connectivity index (χ0) is 16.4. The van der Waals surface area contributed by atoms with Gasteiger partial charge >= 0.3 is 0 Å². The third kappa shape index (κ3) is 2.70. The highest BCUT2D eigenvalue weighted by Crippen LogP contribution is 2.30. The number of hydrazine groups is 2. The zero-order valence-corrected chi connectivity index (χ0v) is 11.8. The van der Waals surface area contributed by atoms with Crippen LogP contribution in [0.25, 0.3) is 16.6 Å². The molecule has 3 rings (SSSR count). The molecule has 0 aliphatic heterocycles. The average molecular weight is 317 g/mol. The van der Waals surface area contributed by atoms with E-state index in [0.29, 0.717) is 16.9 Å². The summed E-state index contributed by atoms with van der Waals surface area (Å²) in [6.07, 6.45) is 4.37. The molecule has 0 amide bonds. The number of halogens is 2. The van der Waals surface area contributed by atoms with Gasteiger partial charge in [-0.15, -0.1) is 0 Å². The Hall–Kier alpha value is -3.04. The predicted octanol–water partition coefficient (Wildman–Crippen LogP) is 1.49. The normalized spacial score (nSPS) is 11.4. The number of nitrogens with one attached hydrogen (secondary N) is 2. The number of rotatable bonds is 4. The van der Waals surface area contributed by atoms with Crippen LogP contribution < -0.4 is 22.5 Å². The Bertz CT molecular complexity index is 888. The van der Waals surface area contributed by atoms with Gasteiger partial charge in [-0.2, -0.15) is 5.53 Å². The maximum atomic E-state index is 14.1. The molecule has 2 heterocycles. The lowest BCUT2D eigenvalue weighted by Gasteiger charge is -2.08. The highest BCUT2D eigenvalue weighted by molar-refractivity contribution is 5.75. The Morgan fingerprint density at radius 2 is 2.04 bits per heavy atom. The number of benzene rings is 1. The van der Waals surface area contributed by atoms with Crippen molar-refractivity contribution in [1.29, 1.82) is 0 Å². The summed E-state index contributed by atoms with van der Waals surface area (Å²) in [5.74, 6) is 3.99. The second-order valence-electron chi connectivity index (χ2n) is 4.65. The van der Waals surface area contributed by atoms with Crippen molar-refractivity contribution >= 4 is 23.4 Å². The Balaban J connectivity index is 2.07. The van der Waals surface area contributed by atoms with E-state index in [-0.39, 0.29) is 11.3 Å². The summed E-state index contributed by atoms with van der Waals surface area (Å²) in [4.78, 5) is 8.17. The lowest BCUT2D eigenvalue weighted by Crippen LogP contribution is -2.36. The van der Waals surface area contributed by atoms with Crippen LogP contribution in [0.5, 0.6) is 0 Å². The smallest absolute Gasteiger partial charge is 0.179 e. The molecule has 1 aromatic carbocycles. The molecule has 0 spiro atoms. The summed E-state index contributed by atoms with van der Waals surface area (Å²) in [5.41, 5.74) is 10.9. The number of aromatic nitrogens is 2. The summed E-state index contributed by atoms with van der Waals surface area (Å²) in [5, 5.41) is 0. The zero-order valence-electron chi connectivity index (χ0n) is 11.8. The third-order valence-corrected chi connectivity index (χ3v) is 3.26. The van der Waals surface area contributed by atoms with Crippen molar-refractivity contribution in [3.05, 3.63) is 48.4 Å². The monoisotopic (exact) mass is 317 g/mol. The van der Waals surface area contributed by atoms with Crippen LogP contribution in [0.3, 0.4) is 0 Å². The summed E-state index contributed by atoms with van der Waals surface area (Å²) in [6.45, 7) is 0. The van der Waals surface area contributed by atoms with Crippen LogP contribution in [-0.2, 0) is 0 Å². The van der Waals surface area contributed by atoms with Gasteiger partial charge in [-0.25, -0.2) is 18.8 Å². The lowest BCUT2D eigenvalue weighted by molar-refractivity contribution is 0.592. The molecule has 23 heavy (non-hydrogen) atoms. The Kier molecular flexibility index (Phi) is 3.87. The van der Waals surface area contributed by atoms with Crippen molar-refractivity contribution in [2.24, 2.45) is 10.8 Å². The number of nitrogens with zero attached hydrogens (tertiary/aromatic N) is 3. The first-order valence-corrected chi connectivity index (χ1v) is 6.56. The SMILES string of the molecule is NNN/C=N/c1ncn2cc(-c3c(F)ccc(N)c3F)ccc12. The van der Waals surface area contributed by atoms with Gasteiger partial charge < -0.3 is 10.1 Å². The molecular formula is C14H13F2N7. The maximum absolute atomic E-state index is 14.1. The molecule has 0 fully saturated rings. The van der Waals surface area contributed by atoms with Gasteiger partial charge in [-0.05, 0) is 18.2 Å². The highest BCUT2D eigenvalue weighted by atomic mass is 19.1. The van der Waals surface area contributed by atoms with Gasteiger partial charge in [0.15, 0.2) is 11.6 Å². The number of nitrogen functional groups attached to an aromatic ring is 1. The van der Waals surface area contributed by atoms with Gasteiger partial charge in [0.05, 0.1) is 16.8 Å². The molecule has 3 aromatic rings. The molecule has 118 valence electrons. The number of hydrogen-bond acceptors (Lipinski definition) is 5. The van der Waals surface area contributed by atoms with Crippen LogP contribution in [0, 0.1) is 11.6 Å². The first-order chi connectivity index (χ1) is 11.1. The maximum Gasteiger partial charge on any atom is 0.179 e. The minimum atomic E-state index is -0.791. The van der Waals surface area contributed by atoms with E-state index in [4.69, 9.17) is 11.6 Å². The molecule has 9 heteroatoms. The highest BCUT2D eigenvalue weighted by Gasteiger charge is 2.15. The summed E-state index contributed by atoms with van der Waals surface area (Å²) >= 11 is 0. The number of aliphatic imine (C=N–C) groups is 1. The van der Waals surface area contributed by atoms with Crippen LogP contribution in [-0.4, -0.2) is 15.7 Å². The Morgan fingerprint density at radius 3 is 2.83 bits per heavy atom. The molecule has 0 aliphatic rings. The van der Waals surface area contributed by atoms with Gasteiger partial charge in [0.25, 0.3) is 0 Å². The van der Waals surface area contributed by atoms with Crippen molar-refractivity contribution in [3.63, 3.8) is 0 Å². The lowest BCUT2D eigenvalue weighted by atomic mass is 10.1. The molecule has 0 radical (unpaired) electrons. The van der Waals surface area contributed by atoms with Gasteiger partial charge in [-0.3, -0.25) is 11.3 Å². The largest absolute Gasteiger partial charge is 0.396 e. The first kappa shape index (κ1) is 14.9. The molecule has 7 nitrogen and oxygen atoms in total. The number of nitrogens with two attached hydrogens (primary N) is 2. The second kappa shape index (κ2) is 5.99. The fourth-order valence-electron chi connectivity index (χ4n) is 2.20. The standard InChI is InChI=1S/C14H13F2N7/c15-9-2-3-10(17)13(16)12(9)8-1-4-11-14(19-6-21-22-18)20-7-23(11)5-8/h1-7,22H,17-18H2,(H,19,21). The van der Waals surface area contributed by atoms with Gasteiger partial charge in [0.1, 0.15) is 18.5 Å². The van der Waals surface area contributed by atoms with E-state index in [1.165, 1.54) is 18.7 Å². The fourth-order valence-corrected chi connectivity index (χ4v) is 2.20. The third-order valence-electron chi connectivity index (χ3n) is 3.26. The topological polar surface area (TPSA) is 106 Å². The number of pyridine rings is 1. The van der Waals surface area contributed by atoms with Gasteiger partial charge in [-0.1, -0.05) is 6.07 Å². The van der Waals surface area contributed by atoms with Crippen molar-refractivity contribution in [3.8, 4) is 11.1 Å². The molecule has 0 aliphatic carbocycles. The fraction of sp³-hybridized carbons (Fsp3) is 0. The van der Waals surface area contributed by atoms with Crippen LogP contribution >= 0.6 is 0 Å². The Labute approximate surface area is 129 Å². The van der Waals surface area contributed by atoms with Crippen molar-refractivity contribution in [2.75, 3.05) is 5.73 Å². The summed E-state index contributed by atoms with van der Waals surface area (Å²) < 4.78 is 29.7.